The Morgan fingerprint density at radius 2 is 2.24 bits per heavy atom. The van der Waals surface area contributed by atoms with Gasteiger partial charge in [0.2, 0.25) is 0 Å². The summed E-state index contributed by atoms with van der Waals surface area (Å²) in [6, 6.07) is 1.74. The smallest absolute Gasteiger partial charge is 0.339 e. The Kier molecular flexibility index (Phi) is 3.53. The molecule has 17 heavy (non-hydrogen) atoms. The molecule has 1 aliphatic rings. The van der Waals surface area contributed by atoms with E-state index in [1.807, 2.05) is 0 Å². The molecule has 0 spiro atoms. The number of hydrogen-bond acceptors (Lipinski definition) is 5. The Hall–Kier alpha value is -1.69. The first-order valence-corrected chi connectivity index (χ1v) is 5.67. The Labute approximate surface area is 99.7 Å². The molecule has 2 N–H and O–H groups in total. The second-order valence-electron chi connectivity index (χ2n) is 4.32. The SMILES string of the molecule is CN1CCC(Nc2nnccc2C(=O)O)CC1. The molecule has 1 saturated heterocycles. The molecule has 0 amide bonds. The molecule has 0 unspecified atom stereocenters. The first-order chi connectivity index (χ1) is 8.16. The van der Waals surface area contributed by atoms with Gasteiger partial charge in [0, 0.05) is 6.04 Å². The molecular weight excluding hydrogens is 220 g/mol. The highest BCUT2D eigenvalue weighted by molar-refractivity contribution is 5.92. The largest absolute Gasteiger partial charge is 0.478 e. The van der Waals surface area contributed by atoms with Crippen molar-refractivity contribution in [3.63, 3.8) is 0 Å². The third-order valence-corrected chi connectivity index (χ3v) is 3.01. The van der Waals surface area contributed by atoms with Crippen LogP contribution in [-0.2, 0) is 0 Å². The number of nitrogens with zero attached hydrogens (tertiary/aromatic N) is 3. The molecule has 1 aromatic heterocycles. The van der Waals surface area contributed by atoms with Crippen LogP contribution in [0.3, 0.4) is 0 Å². The lowest BCUT2D eigenvalue weighted by Crippen LogP contribution is -2.37. The van der Waals surface area contributed by atoms with Crippen LogP contribution in [-0.4, -0.2) is 52.4 Å². The number of aromatic carboxylic acids is 1. The van der Waals surface area contributed by atoms with E-state index in [1.54, 1.807) is 0 Å². The summed E-state index contributed by atoms with van der Waals surface area (Å²) >= 11 is 0. The highest BCUT2D eigenvalue weighted by Gasteiger charge is 2.19. The minimum Gasteiger partial charge on any atom is -0.478 e. The quantitative estimate of drug-likeness (QED) is 0.803. The van der Waals surface area contributed by atoms with Gasteiger partial charge in [-0.15, -0.1) is 5.10 Å². The molecule has 6 nitrogen and oxygen atoms in total. The Morgan fingerprint density at radius 3 is 2.88 bits per heavy atom. The van der Waals surface area contributed by atoms with E-state index in [1.165, 1.54) is 12.3 Å². The van der Waals surface area contributed by atoms with Gasteiger partial charge in [-0.25, -0.2) is 4.79 Å². The van der Waals surface area contributed by atoms with Crippen LogP contribution in [0.4, 0.5) is 5.82 Å². The van der Waals surface area contributed by atoms with Gasteiger partial charge in [0.05, 0.1) is 6.20 Å². The van der Waals surface area contributed by atoms with Crippen LogP contribution in [0.15, 0.2) is 12.3 Å². The summed E-state index contributed by atoms with van der Waals surface area (Å²) in [7, 11) is 2.08. The molecule has 6 heteroatoms. The van der Waals surface area contributed by atoms with Gasteiger partial charge < -0.3 is 15.3 Å². The van der Waals surface area contributed by atoms with Crippen molar-refractivity contribution in [1.82, 2.24) is 15.1 Å². The lowest BCUT2D eigenvalue weighted by Gasteiger charge is -2.29. The number of rotatable bonds is 3. The number of carboxylic acid groups (broad SMARTS) is 1. The van der Waals surface area contributed by atoms with Crippen LogP contribution in [0.25, 0.3) is 0 Å². The maximum absolute atomic E-state index is 11.0. The summed E-state index contributed by atoms with van der Waals surface area (Å²) in [5.41, 5.74) is 0.180. The van der Waals surface area contributed by atoms with Crippen molar-refractivity contribution < 1.29 is 9.90 Å². The van der Waals surface area contributed by atoms with Crippen molar-refractivity contribution in [2.45, 2.75) is 18.9 Å². The van der Waals surface area contributed by atoms with E-state index < -0.39 is 5.97 Å². The number of anilines is 1. The number of hydrogen-bond donors (Lipinski definition) is 2. The summed E-state index contributed by atoms with van der Waals surface area (Å²) in [6.45, 7) is 2.03. The van der Waals surface area contributed by atoms with E-state index in [4.69, 9.17) is 5.11 Å². The zero-order valence-corrected chi connectivity index (χ0v) is 9.76. The van der Waals surface area contributed by atoms with Crippen molar-refractivity contribution in [2.24, 2.45) is 0 Å². The van der Waals surface area contributed by atoms with E-state index in [2.05, 4.69) is 27.5 Å². The fourth-order valence-corrected chi connectivity index (χ4v) is 1.96. The third kappa shape index (κ3) is 2.91. The number of carboxylic acids is 1. The van der Waals surface area contributed by atoms with E-state index in [9.17, 15) is 4.79 Å². The van der Waals surface area contributed by atoms with Crippen LogP contribution in [0.5, 0.6) is 0 Å². The Bertz CT molecular complexity index is 402. The highest BCUT2D eigenvalue weighted by atomic mass is 16.4. The molecule has 1 aromatic rings. The average molecular weight is 236 g/mol. The predicted octanol–water partition coefficient (Wildman–Crippen LogP) is 0.681. The van der Waals surface area contributed by atoms with E-state index in [-0.39, 0.29) is 11.6 Å². The number of aromatic nitrogens is 2. The summed E-state index contributed by atoms with van der Waals surface area (Å²) in [5, 5.41) is 19.8. The van der Waals surface area contributed by atoms with Crippen molar-refractivity contribution in [3.05, 3.63) is 17.8 Å². The summed E-state index contributed by atoms with van der Waals surface area (Å²) in [5.74, 6) is -0.607. The maximum Gasteiger partial charge on any atom is 0.339 e. The van der Waals surface area contributed by atoms with Gasteiger partial charge in [0.1, 0.15) is 5.56 Å². The molecule has 0 radical (unpaired) electrons. The van der Waals surface area contributed by atoms with Crippen molar-refractivity contribution >= 4 is 11.8 Å². The molecule has 0 bridgehead atoms. The second kappa shape index (κ2) is 5.09. The van der Waals surface area contributed by atoms with Gasteiger partial charge in [0.25, 0.3) is 0 Å². The predicted molar refractivity (Wildman–Crippen MR) is 63.1 cm³/mol. The lowest BCUT2D eigenvalue weighted by atomic mass is 10.1. The molecule has 0 aromatic carbocycles. The summed E-state index contributed by atoms with van der Waals surface area (Å²) < 4.78 is 0. The van der Waals surface area contributed by atoms with Crippen LogP contribution in [0, 0.1) is 0 Å². The number of nitrogens with one attached hydrogen (secondary N) is 1. The van der Waals surface area contributed by atoms with Crippen LogP contribution in [0.1, 0.15) is 23.2 Å². The molecule has 92 valence electrons. The van der Waals surface area contributed by atoms with Gasteiger partial charge in [-0.05, 0) is 39.0 Å². The van der Waals surface area contributed by atoms with Crippen molar-refractivity contribution in [2.75, 3.05) is 25.5 Å². The summed E-state index contributed by atoms with van der Waals surface area (Å²) in [6.07, 6.45) is 3.38. The van der Waals surface area contributed by atoms with Crippen LogP contribution >= 0.6 is 0 Å². The summed E-state index contributed by atoms with van der Waals surface area (Å²) in [4.78, 5) is 13.3. The molecule has 2 rings (SSSR count). The fourth-order valence-electron chi connectivity index (χ4n) is 1.96. The van der Waals surface area contributed by atoms with Gasteiger partial charge >= 0.3 is 5.97 Å². The van der Waals surface area contributed by atoms with Crippen LogP contribution < -0.4 is 5.32 Å². The molecule has 1 fully saturated rings. The number of likely N-dealkylation sites (tertiary alicyclic amines) is 1. The second-order valence-corrected chi connectivity index (χ2v) is 4.32. The molecule has 2 heterocycles. The molecule has 0 atom stereocenters. The monoisotopic (exact) mass is 236 g/mol. The number of carbonyl (C=O) groups is 1. The molecule has 1 aliphatic heterocycles. The maximum atomic E-state index is 11.0. The minimum absolute atomic E-state index is 0.180. The third-order valence-electron chi connectivity index (χ3n) is 3.01. The first kappa shape index (κ1) is 11.8. The average Bonchev–Trinajstić information content (AvgIpc) is 2.32. The molecule has 0 saturated carbocycles. The van der Waals surface area contributed by atoms with Crippen LogP contribution in [0.2, 0.25) is 0 Å². The van der Waals surface area contributed by atoms with E-state index in [0.717, 1.165) is 25.9 Å². The number of piperidine rings is 1. The van der Waals surface area contributed by atoms with Gasteiger partial charge in [-0.2, -0.15) is 5.10 Å². The van der Waals surface area contributed by atoms with Crippen molar-refractivity contribution in [1.29, 1.82) is 0 Å². The van der Waals surface area contributed by atoms with Gasteiger partial charge in [-0.3, -0.25) is 0 Å². The van der Waals surface area contributed by atoms with Gasteiger partial charge in [0.15, 0.2) is 5.82 Å². The van der Waals surface area contributed by atoms with Gasteiger partial charge in [-0.1, -0.05) is 0 Å². The van der Waals surface area contributed by atoms with E-state index >= 15 is 0 Å². The lowest BCUT2D eigenvalue weighted by molar-refractivity contribution is 0.0697. The first-order valence-electron chi connectivity index (χ1n) is 5.67. The topological polar surface area (TPSA) is 78.3 Å². The zero-order chi connectivity index (χ0) is 12.3. The molecule has 0 aliphatic carbocycles. The van der Waals surface area contributed by atoms with Crippen molar-refractivity contribution in [3.8, 4) is 0 Å². The molecular formula is C11H16N4O2. The standard InChI is InChI=1S/C11H16N4O2/c1-15-6-3-8(4-7-15)13-10-9(11(16)17)2-5-12-14-10/h2,5,8H,3-4,6-7H2,1H3,(H,13,14)(H,16,17). The minimum atomic E-state index is -0.977. The Morgan fingerprint density at radius 1 is 1.53 bits per heavy atom. The Balaban J connectivity index is 2.05. The normalized spacial score (nSPS) is 17.9. The fraction of sp³-hybridized carbons (Fsp3) is 0.545. The highest BCUT2D eigenvalue weighted by Crippen LogP contribution is 2.16. The zero-order valence-electron chi connectivity index (χ0n) is 9.76. The van der Waals surface area contributed by atoms with E-state index in [0.29, 0.717) is 5.82 Å².